The monoisotopic (exact) mass is 314 g/mol. The second kappa shape index (κ2) is 7.51. The van der Waals surface area contributed by atoms with E-state index < -0.39 is 5.97 Å². The molecule has 0 saturated carbocycles. The lowest BCUT2D eigenvalue weighted by Crippen LogP contribution is -2.03. The van der Waals surface area contributed by atoms with Crippen LogP contribution < -0.4 is 0 Å². The number of nitrogens with zero attached hydrogens (tertiary/aromatic N) is 2. The zero-order valence-electron chi connectivity index (χ0n) is 13.0. The summed E-state index contributed by atoms with van der Waals surface area (Å²) >= 11 is 0. The molecule has 6 nitrogen and oxygen atoms in total. The summed E-state index contributed by atoms with van der Waals surface area (Å²) in [6.45, 7) is 3.45. The molecule has 0 fully saturated rings. The van der Waals surface area contributed by atoms with Crippen molar-refractivity contribution in [2.75, 3.05) is 6.61 Å². The standard InChI is InChI=1S/C17H18N2O4/c1-3-23-17(22)12-5-4-6-14(7-12)19-9-15-13(10-20)8-18-11(2)16(15)21/h4-9,20-21H,3,10H2,1-2H3. The van der Waals surface area contributed by atoms with Crippen LogP contribution in [-0.2, 0) is 11.3 Å². The Balaban J connectivity index is 2.33. The van der Waals surface area contributed by atoms with Gasteiger partial charge in [0.2, 0.25) is 0 Å². The highest BCUT2D eigenvalue weighted by Gasteiger charge is 2.10. The van der Waals surface area contributed by atoms with Gasteiger partial charge in [-0.3, -0.25) is 9.98 Å². The van der Waals surface area contributed by atoms with E-state index in [0.29, 0.717) is 34.7 Å². The number of rotatable bonds is 5. The summed E-state index contributed by atoms with van der Waals surface area (Å²) in [7, 11) is 0. The first kappa shape index (κ1) is 16.6. The van der Waals surface area contributed by atoms with Crippen molar-refractivity contribution in [3.8, 4) is 5.75 Å². The van der Waals surface area contributed by atoms with Crippen molar-refractivity contribution < 1.29 is 19.7 Å². The summed E-state index contributed by atoms with van der Waals surface area (Å²) in [5, 5.41) is 19.4. The maximum absolute atomic E-state index is 11.7. The van der Waals surface area contributed by atoms with Crippen molar-refractivity contribution in [2.45, 2.75) is 20.5 Å². The summed E-state index contributed by atoms with van der Waals surface area (Å²) in [5.74, 6) is -0.440. The summed E-state index contributed by atoms with van der Waals surface area (Å²) in [4.78, 5) is 20.0. The molecule has 23 heavy (non-hydrogen) atoms. The fourth-order valence-electron chi connectivity index (χ4n) is 1.99. The highest BCUT2D eigenvalue weighted by Crippen LogP contribution is 2.23. The first-order chi connectivity index (χ1) is 11.1. The molecule has 0 atom stereocenters. The van der Waals surface area contributed by atoms with Gasteiger partial charge in [-0.05, 0) is 32.0 Å². The van der Waals surface area contributed by atoms with Gasteiger partial charge in [-0.1, -0.05) is 6.07 Å². The van der Waals surface area contributed by atoms with E-state index in [2.05, 4.69) is 9.98 Å². The maximum Gasteiger partial charge on any atom is 0.338 e. The lowest BCUT2D eigenvalue weighted by molar-refractivity contribution is 0.0526. The van der Waals surface area contributed by atoms with Crippen LogP contribution in [0.1, 0.15) is 34.1 Å². The molecule has 0 aliphatic carbocycles. The average molecular weight is 314 g/mol. The minimum absolute atomic E-state index is 0.0261. The third-order valence-corrected chi connectivity index (χ3v) is 3.23. The summed E-state index contributed by atoms with van der Waals surface area (Å²) in [6.07, 6.45) is 2.94. The predicted octanol–water partition coefficient (Wildman–Crippen LogP) is 2.52. The van der Waals surface area contributed by atoms with Crippen LogP contribution in [0.5, 0.6) is 5.75 Å². The molecule has 6 heteroatoms. The van der Waals surface area contributed by atoms with Gasteiger partial charge in [0.15, 0.2) is 0 Å². The van der Waals surface area contributed by atoms with Crippen molar-refractivity contribution >= 4 is 17.9 Å². The molecular weight excluding hydrogens is 296 g/mol. The number of aliphatic hydroxyl groups excluding tert-OH is 1. The number of esters is 1. The molecule has 0 unspecified atom stereocenters. The number of hydrogen-bond acceptors (Lipinski definition) is 6. The zero-order chi connectivity index (χ0) is 16.8. The third kappa shape index (κ3) is 3.92. The minimum atomic E-state index is -0.414. The zero-order valence-corrected chi connectivity index (χ0v) is 13.0. The number of carbonyl (C=O) groups excluding carboxylic acids is 1. The van der Waals surface area contributed by atoms with E-state index in [-0.39, 0.29) is 12.4 Å². The fourth-order valence-corrected chi connectivity index (χ4v) is 1.99. The number of aromatic nitrogens is 1. The second-order valence-corrected chi connectivity index (χ2v) is 4.82. The molecule has 2 N–H and O–H groups in total. The van der Waals surface area contributed by atoms with Gasteiger partial charge in [-0.15, -0.1) is 0 Å². The Kier molecular flexibility index (Phi) is 5.43. The molecule has 1 heterocycles. The van der Waals surface area contributed by atoms with Gasteiger partial charge in [-0.25, -0.2) is 4.79 Å². The number of carbonyl (C=O) groups is 1. The van der Waals surface area contributed by atoms with Crippen LogP contribution in [-0.4, -0.2) is 34.0 Å². The first-order valence-corrected chi connectivity index (χ1v) is 7.16. The largest absolute Gasteiger partial charge is 0.505 e. The molecule has 2 aromatic rings. The maximum atomic E-state index is 11.7. The molecule has 0 saturated heterocycles. The number of pyridine rings is 1. The Morgan fingerprint density at radius 3 is 2.91 bits per heavy atom. The molecule has 2 rings (SSSR count). The second-order valence-electron chi connectivity index (χ2n) is 4.82. The first-order valence-electron chi connectivity index (χ1n) is 7.16. The fraction of sp³-hybridized carbons (Fsp3) is 0.235. The van der Waals surface area contributed by atoms with Gasteiger partial charge >= 0.3 is 5.97 Å². The highest BCUT2D eigenvalue weighted by atomic mass is 16.5. The van der Waals surface area contributed by atoms with Crippen molar-refractivity contribution in [3.63, 3.8) is 0 Å². The number of ether oxygens (including phenoxy) is 1. The smallest absolute Gasteiger partial charge is 0.338 e. The Morgan fingerprint density at radius 1 is 1.43 bits per heavy atom. The van der Waals surface area contributed by atoms with Crippen molar-refractivity contribution in [1.82, 2.24) is 4.98 Å². The summed E-state index contributed by atoms with van der Waals surface area (Å²) < 4.78 is 4.94. The van der Waals surface area contributed by atoms with Crippen molar-refractivity contribution in [2.24, 2.45) is 4.99 Å². The molecule has 120 valence electrons. The van der Waals surface area contributed by atoms with Crippen LogP contribution in [0.3, 0.4) is 0 Å². The van der Waals surface area contributed by atoms with E-state index in [9.17, 15) is 15.0 Å². The number of aryl methyl sites for hydroxylation is 1. The molecule has 1 aromatic carbocycles. The van der Waals surface area contributed by atoms with Crippen LogP contribution >= 0.6 is 0 Å². The molecule has 0 radical (unpaired) electrons. The van der Waals surface area contributed by atoms with E-state index in [1.165, 1.54) is 12.4 Å². The quantitative estimate of drug-likeness (QED) is 0.653. The number of hydrogen-bond donors (Lipinski definition) is 2. The number of aliphatic hydroxyl groups is 1. The van der Waals surface area contributed by atoms with Crippen molar-refractivity contribution in [1.29, 1.82) is 0 Å². The van der Waals surface area contributed by atoms with Crippen LogP contribution in [0.15, 0.2) is 35.5 Å². The van der Waals surface area contributed by atoms with Crippen LogP contribution in [0.2, 0.25) is 0 Å². The molecule has 0 spiro atoms. The SMILES string of the molecule is CCOC(=O)c1cccc(N=Cc2c(CO)cnc(C)c2O)c1. The number of benzene rings is 1. The van der Waals surface area contributed by atoms with Gasteiger partial charge in [0.25, 0.3) is 0 Å². The Morgan fingerprint density at radius 2 is 2.22 bits per heavy atom. The third-order valence-electron chi connectivity index (χ3n) is 3.23. The van der Waals surface area contributed by atoms with E-state index in [1.807, 2.05) is 0 Å². The molecule has 0 aliphatic rings. The summed E-state index contributed by atoms with van der Waals surface area (Å²) in [5.41, 5.74) is 2.26. The van der Waals surface area contributed by atoms with Gasteiger partial charge in [0.05, 0.1) is 30.2 Å². The van der Waals surface area contributed by atoms with Crippen molar-refractivity contribution in [3.05, 3.63) is 52.8 Å². The van der Waals surface area contributed by atoms with E-state index >= 15 is 0 Å². The predicted molar refractivity (Wildman–Crippen MR) is 86.2 cm³/mol. The van der Waals surface area contributed by atoms with Gasteiger partial charge < -0.3 is 14.9 Å². The van der Waals surface area contributed by atoms with Crippen LogP contribution in [0, 0.1) is 6.92 Å². The highest BCUT2D eigenvalue weighted by molar-refractivity contribution is 5.91. The Labute approximate surface area is 134 Å². The van der Waals surface area contributed by atoms with Gasteiger partial charge in [0.1, 0.15) is 5.75 Å². The van der Waals surface area contributed by atoms with Crippen LogP contribution in [0.4, 0.5) is 5.69 Å². The topological polar surface area (TPSA) is 92.0 Å². The van der Waals surface area contributed by atoms with Gasteiger partial charge in [-0.2, -0.15) is 0 Å². The lowest BCUT2D eigenvalue weighted by atomic mass is 10.1. The van der Waals surface area contributed by atoms with E-state index in [0.717, 1.165) is 0 Å². The average Bonchev–Trinajstić information content (AvgIpc) is 2.56. The van der Waals surface area contributed by atoms with Crippen LogP contribution in [0.25, 0.3) is 0 Å². The number of aliphatic imine (C=N–C) groups is 1. The molecule has 0 amide bonds. The molecule has 1 aromatic heterocycles. The lowest BCUT2D eigenvalue weighted by Gasteiger charge is -2.07. The summed E-state index contributed by atoms with van der Waals surface area (Å²) in [6, 6.07) is 6.66. The Hall–Kier alpha value is -2.73. The normalized spacial score (nSPS) is 10.9. The minimum Gasteiger partial charge on any atom is -0.505 e. The van der Waals surface area contributed by atoms with E-state index in [1.54, 1.807) is 38.1 Å². The number of aromatic hydroxyl groups is 1. The van der Waals surface area contributed by atoms with E-state index in [4.69, 9.17) is 4.74 Å². The molecular formula is C17H18N2O4. The molecule has 0 bridgehead atoms. The van der Waals surface area contributed by atoms with Gasteiger partial charge in [0, 0.05) is 23.5 Å². The molecule has 0 aliphatic heterocycles. The Bertz CT molecular complexity index is 741.